The van der Waals surface area contributed by atoms with Crippen LogP contribution in [0, 0.1) is 13.8 Å². The number of anilines is 1. The topological polar surface area (TPSA) is 63.8 Å². The molecule has 2 heterocycles. The maximum absolute atomic E-state index is 4.93. The maximum Gasteiger partial charge on any atom is 0.223 e. The van der Waals surface area contributed by atoms with Crippen molar-refractivity contribution in [3.63, 3.8) is 0 Å². The lowest BCUT2D eigenvalue weighted by Crippen LogP contribution is -2.05. The largest absolute Gasteiger partial charge is 0.361 e. The predicted molar refractivity (Wildman–Crippen MR) is 75.6 cm³/mol. The van der Waals surface area contributed by atoms with Crippen LogP contribution < -0.4 is 5.32 Å². The Balaban J connectivity index is 1.65. The van der Waals surface area contributed by atoms with Crippen LogP contribution in [0.15, 0.2) is 22.7 Å². The number of thiazole rings is 1. The first kappa shape index (κ1) is 12.1. The van der Waals surface area contributed by atoms with Gasteiger partial charge in [0.2, 0.25) is 5.89 Å². The van der Waals surface area contributed by atoms with E-state index in [1.165, 1.54) is 10.3 Å². The SMILES string of the molecule is Cc1ccc2nc(NCCc3noc(C)n3)sc2c1. The summed E-state index contributed by atoms with van der Waals surface area (Å²) in [6, 6.07) is 6.28. The molecule has 0 aliphatic rings. The highest BCUT2D eigenvalue weighted by Crippen LogP contribution is 2.26. The van der Waals surface area contributed by atoms with Crippen molar-refractivity contribution in [3.05, 3.63) is 35.5 Å². The van der Waals surface area contributed by atoms with Crippen molar-refractivity contribution in [2.75, 3.05) is 11.9 Å². The minimum absolute atomic E-state index is 0.602. The number of nitrogens with one attached hydrogen (secondary N) is 1. The molecule has 2 aromatic heterocycles. The first-order valence-electron chi connectivity index (χ1n) is 6.11. The van der Waals surface area contributed by atoms with Gasteiger partial charge >= 0.3 is 0 Å². The molecule has 6 heteroatoms. The molecule has 3 aromatic rings. The van der Waals surface area contributed by atoms with E-state index in [-0.39, 0.29) is 0 Å². The van der Waals surface area contributed by atoms with Gasteiger partial charge in [-0.1, -0.05) is 22.6 Å². The molecule has 0 saturated heterocycles. The van der Waals surface area contributed by atoms with E-state index >= 15 is 0 Å². The summed E-state index contributed by atoms with van der Waals surface area (Å²) in [5.41, 5.74) is 2.29. The average molecular weight is 274 g/mol. The highest BCUT2D eigenvalue weighted by Gasteiger charge is 2.05. The number of hydrogen-bond donors (Lipinski definition) is 1. The molecular weight excluding hydrogens is 260 g/mol. The first-order chi connectivity index (χ1) is 9.20. The number of hydrogen-bond acceptors (Lipinski definition) is 6. The Morgan fingerprint density at radius 1 is 1.26 bits per heavy atom. The lowest BCUT2D eigenvalue weighted by Gasteiger charge is -1.97. The molecule has 19 heavy (non-hydrogen) atoms. The highest BCUT2D eigenvalue weighted by molar-refractivity contribution is 7.22. The fourth-order valence-corrected chi connectivity index (χ4v) is 2.82. The van der Waals surface area contributed by atoms with E-state index in [9.17, 15) is 0 Å². The van der Waals surface area contributed by atoms with Crippen LogP contribution in [0.1, 0.15) is 17.3 Å². The molecule has 0 atom stereocenters. The first-order valence-corrected chi connectivity index (χ1v) is 6.92. The van der Waals surface area contributed by atoms with Gasteiger partial charge in [0, 0.05) is 19.9 Å². The van der Waals surface area contributed by atoms with Gasteiger partial charge in [0.25, 0.3) is 0 Å². The standard InChI is InChI=1S/C13H14N4OS/c1-8-3-4-10-11(7-8)19-13(16-10)14-6-5-12-15-9(2)18-17-12/h3-4,7H,5-6H2,1-2H3,(H,14,16). The van der Waals surface area contributed by atoms with Crippen molar-refractivity contribution >= 4 is 26.7 Å². The van der Waals surface area contributed by atoms with Crippen LogP contribution in [0.4, 0.5) is 5.13 Å². The lowest BCUT2D eigenvalue weighted by molar-refractivity contribution is 0.387. The third-order valence-corrected chi connectivity index (χ3v) is 3.71. The molecule has 98 valence electrons. The molecule has 0 bridgehead atoms. The summed E-state index contributed by atoms with van der Waals surface area (Å²) in [5.74, 6) is 1.33. The summed E-state index contributed by atoms with van der Waals surface area (Å²) in [4.78, 5) is 8.69. The van der Waals surface area contributed by atoms with Crippen LogP contribution in [0.2, 0.25) is 0 Å². The van der Waals surface area contributed by atoms with Crippen LogP contribution in [0.5, 0.6) is 0 Å². The molecule has 0 unspecified atom stereocenters. The minimum atomic E-state index is 0.602. The van der Waals surface area contributed by atoms with Gasteiger partial charge in [0.05, 0.1) is 10.2 Å². The van der Waals surface area contributed by atoms with Gasteiger partial charge in [-0.05, 0) is 24.6 Å². The smallest absolute Gasteiger partial charge is 0.223 e. The van der Waals surface area contributed by atoms with Crippen LogP contribution in [0.25, 0.3) is 10.2 Å². The molecule has 1 aromatic carbocycles. The van der Waals surface area contributed by atoms with E-state index in [2.05, 4.69) is 45.6 Å². The number of fused-ring (bicyclic) bond motifs is 1. The van der Waals surface area contributed by atoms with Gasteiger partial charge < -0.3 is 9.84 Å². The van der Waals surface area contributed by atoms with Crippen molar-refractivity contribution in [2.24, 2.45) is 0 Å². The quantitative estimate of drug-likeness (QED) is 0.792. The van der Waals surface area contributed by atoms with Crippen molar-refractivity contribution in [3.8, 4) is 0 Å². The number of rotatable bonds is 4. The monoisotopic (exact) mass is 274 g/mol. The molecule has 0 saturated carbocycles. The zero-order valence-electron chi connectivity index (χ0n) is 10.8. The van der Waals surface area contributed by atoms with Gasteiger partial charge in [0.1, 0.15) is 0 Å². The molecule has 0 fully saturated rings. The summed E-state index contributed by atoms with van der Waals surface area (Å²) < 4.78 is 6.13. The van der Waals surface area contributed by atoms with E-state index in [4.69, 9.17) is 4.52 Å². The molecular formula is C13H14N4OS. The maximum atomic E-state index is 4.93. The van der Waals surface area contributed by atoms with Crippen molar-refractivity contribution in [1.29, 1.82) is 0 Å². The third kappa shape index (κ3) is 2.73. The molecule has 3 rings (SSSR count). The third-order valence-electron chi connectivity index (χ3n) is 2.74. The second kappa shape index (κ2) is 4.97. The Kier molecular flexibility index (Phi) is 3.16. The predicted octanol–water partition coefficient (Wildman–Crippen LogP) is 2.95. The van der Waals surface area contributed by atoms with E-state index in [0.717, 1.165) is 29.4 Å². The fraction of sp³-hybridized carbons (Fsp3) is 0.308. The zero-order valence-corrected chi connectivity index (χ0v) is 11.6. The van der Waals surface area contributed by atoms with E-state index in [0.29, 0.717) is 5.89 Å². The molecule has 0 spiro atoms. The Morgan fingerprint density at radius 3 is 2.95 bits per heavy atom. The molecule has 0 aliphatic heterocycles. The number of aromatic nitrogens is 3. The van der Waals surface area contributed by atoms with Crippen molar-refractivity contribution < 1.29 is 4.52 Å². The minimum Gasteiger partial charge on any atom is -0.361 e. The molecule has 5 nitrogen and oxygen atoms in total. The summed E-state index contributed by atoms with van der Waals surface area (Å²) >= 11 is 1.67. The molecule has 0 aliphatic carbocycles. The molecule has 0 amide bonds. The highest BCUT2D eigenvalue weighted by atomic mass is 32.1. The van der Waals surface area contributed by atoms with Crippen molar-refractivity contribution in [1.82, 2.24) is 15.1 Å². The van der Waals surface area contributed by atoms with Crippen LogP contribution >= 0.6 is 11.3 Å². The second-order valence-corrected chi connectivity index (χ2v) is 5.43. The van der Waals surface area contributed by atoms with Gasteiger partial charge in [-0.2, -0.15) is 4.98 Å². The Labute approximate surface area is 114 Å². The summed E-state index contributed by atoms with van der Waals surface area (Å²) in [6.45, 7) is 4.63. The van der Waals surface area contributed by atoms with Crippen molar-refractivity contribution in [2.45, 2.75) is 20.3 Å². The van der Waals surface area contributed by atoms with Gasteiger partial charge in [-0.25, -0.2) is 4.98 Å². The van der Waals surface area contributed by atoms with Crippen LogP contribution in [-0.2, 0) is 6.42 Å². The molecule has 1 N–H and O–H groups in total. The van der Waals surface area contributed by atoms with E-state index in [1.807, 2.05) is 0 Å². The number of benzene rings is 1. The van der Waals surface area contributed by atoms with E-state index in [1.54, 1.807) is 18.3 Å². The normalized spacial score (nSPS) is 11.1. The number of nitrogens with zero attached hydrogens (tertiary/aromatic N) is 3. The van der Waals surface area contributed by atoms with Crippen LogP contribution in [-0.4, -0.2) is 21.7 Å². The Hall–Kier alpha value is -1.95. The Bertz CT molecular complexity index is 704. The van der Waals surface area contributed by atoms with Gasteiger partial charge in [-0.3, -0.25) is 0 Å². The average Bonchev–Trinajstić information content (AvgIpc) is 2.95. The summed E-state index contributed by atoms with van der Waals surface area (Å²) in [7, 11) is 0. The summed E-state index contributed by atoms with van der Waals surface area (Å²) in [5, 5.41) is 8.09. The van der Waals surface area contributed by atoms with Gasteiger partial charge in [-0.15, -0.1) is 0 Å². The van der Waals surface area contributed by atoms with Crippen LogP contribution in [0.3, 0.4) is 0 Å². The Morgan fingerprint density at radius 2 is 2.16 bits per heavy atom. The summed E-state index contributed by atoms with van der Waals surface area (Å²) in [6.07, 6.45) is 0.728. The molecule has 0 radical (unpaired) electrons. The van der Waals surface area contributed by atoms with E-state index < -0.39 is 0 Å². The number of aryl methyl sites for hydroxylation is 2. The lowest BCUT2D eigenvalue weighted by atomic mass is 10.2. The second-order valence-electron chi connectivity index (χ2n) is 4.40. The fourth-order valence-electron chi connectivity index (χ4n) is 1.83. The zero-order chi connectivity index (χ0) is 13.2. The van der Waals surface area contributed by atoms with Gasteiger partial charge in [0.15, 0.2) is 11.0 Å².